The molecule has 5 nitrogen and oxygen atoms in total. The van der Waals surface area contributed by atoms with E-state index in [2.05, 4.69) is 21.1 Å². The fraction of sp³-hybridized carbons (Fsp3) is 0.778. The van der Waals surface area contributed by atoms with Crippen LogP contribution < -0.4 is 5.73 Å². The number of hydrogen-bond donors (Lipinski definition) is 1. The van der Waals surface area contributed by atoms with Crippen molar-refractivity contribution in [3.63, 3.8) is 0 Å². The van der Waals surface area contributed by atoms with Gasteiger partial charge in [0.15, 0.2) is 11.6 Å². The minimum absolute atomic E-state index is 0.0967. The number of ether oxygens (including phenoxy) is 1. The van der Waals surface area contributed by atoms with Gasteiger partial charge in [0.05, 0.1) is 12.5 Å². The van der Waals surface area contributed by atoms with Crippen molar-refractivity contribution in [2.24, 2.45) is 16.8 Å². The van der Waals surface area contributed by atoms with Crippen molar-refractivity contribution in [3.05, 3.63) is 0 Å². The van der Waals surface area contributed by atoms with E-state index in [9.17, 15) is 4.79 Å². The molecule has 0 spiro atoms. The third-order valence-corrected chi connectivity index (χ3v) is 3.69. The Labute approximate surface area is 96.1 Å². The van der Waals surface area contributed by atoms with Crippen LogP contribution in [0.5, 0.6) is 0 Å². The van der Waals surface area contributed by atoms with Gasteiger partial charge in [-0.3, -0.25) is 0 Å². The Kier molecular flexibility index (Phi) is 2.72. The van der Waals surface area contributed by atoms with Crippen LogP contribution >= 0.6 is 15.9 Å². The maximum atomic E-state index is 11.7. The highest BCUT2D eigenvalue weighted by Crippen LogP contribution is 2.41. The average molecular weight is 277 g/mol. The zero-order valence-electron chi connectivity index (χ0n) is 8.40. The first-order valence-electron chi connectivity index (χ1n) is 4.95. The number of carbonyl (C=O) groups excluding carboxylic acids is 1. The molecule has 0 aromatic carbocycles. The first-order chi connectivity index (χ1) is 7.09. The third-order valence-electron chi connectivity index (χ3n) is 2.96. The predicted octanol–water partition coefficient (Wildman–Crippen LogP) is 0.764. The molecule has 6 heteroatoms. The first-order valence-corrected chi connectivity index (χ1v) is 5.74. The Balaban J connectivity index is 2.15. The number of nitrogens with zero attached hydrogens (tertiary/aromatic N) is 1. The number of halogens is 1. The molecule has 3 atom stereocenters. The molecule has 0 bridgehead atoms. The largest absolute Gasteiger partial charge is 0.465 e. The summed E-state index contributed by atoms with van der Waals surface area (Å²) in [6, 6.07) is 0. The highest BCUT2D eigenvalue weighted by atomic mass is 79.9. The van der Waals surface area contributed by atoms with E-state index in [1.807, 2.05) is 0 Å². The Bertz CT molecular complexity index is 320. The lowest BCUT2D eigenvalue weighted by Gasteiger charge is -2.26. The van der Waals surface area contributed by atoms with E-state index in [1.165, 1.54) is 0 Å². The Hall–Kier alpha value is -0.620. The molecule has 0 amide bonds. The lowest BCUT2D eigenvalue weighted by Crippen LogP contribution is -2.56. The third kappa shape index (κ3) is 1.56. The van der Waals surface area contributed by atoms with Gasteiger partial charge in [-0.15, -0.1) is 0 Å². The molecule has 0 aromatic heterocycles. The zero-order valence-corrected chi connectivity index (χ0v) is 9.99. The summed E-state index contributed by atoms with van der Waals surface area (Å²) in [7, 11) is 0. The number of nitrogens with two attached hydrogens (primary N) is 1. The Morgan fingerprint density at radius 2 is 2.60 bits per heavy atom. The van der Waals surface area contributed by atoms with E-state index in [0.717, 1.165) is 11.0 Å². The van der Waals surface area contributed by atoms with Gasteiger partial charge in [0.25, 0.3) is 0 Å². The molecule has 0 radical (unpaired) electrons. The fourth-order valence-corrected chi connectivity index (χ4v) is 2.67. The van der Waals surface area contributed by atoms with Gasteiger partial charge >= 0.3 is 5.97 Å². The molecular weight excluding hydrogens is 264 g/mol. The highest BCUT2D eigenvalue weighted by molar-refractivity contribution is 9.18. The Morgan fingerprint density at radius 3 is 3.27 bits per heavy atom. The summed E-state index contributed by atoms with van der Waals surface area (Å²) in [5.74, 6) is -0.297. The normalized spacial score (nSPS) is 38.2. The van der Waals surface area contributed by atoms with E-state index in [4.69, 9.17) is 15.3 Å². The summed E-state index contributed by atoms with van der Waals surface area (Å²) in [6.07, 6.45) is 0.987. The van der Waals surface area contributed by atoms with Crippen molar-refractivity contribution in [2.75, 3.05) is 6.61 Å². The van der Waals surface area contributed by atoms with E-state index in [-0.39, 0.29) is 12.0 Å². The number of hydrogen-bond acceptors (Lipinski definition) is 5. The van der Waals surface area contributed by atoms with Crippen LogP contribution in [0.15, 0.2) is 5.16 Å². The molecule has 1 saturated carbocycles. The van der Waals surface area contributed by atoms with Crippen molar-refractivity contribution in [2.45, 2.75) is 31.4 Å². The summed E-state index contributed by atoms with van der Waals surface area (Å²) < 4.78 is 5.70. The van der Waals surface area contributed by atoms with Crippen LogP contribution in [0.1, 0.15) is 19.8 Å². The van der Waals surface area contributed by atoms with Gasteiger partial charge in [-0.05, 0) is 35.7 Å². The molecule has 2 rings (SSSR count). The van der Waals surface area contributed by atoms with Gasteiger partial charge in [0.2, 0.25) is 0 Å². The monoisotopic (exact) mass is 276 g/mol. The second kappa shape index (κ2) is 3.75. The number of esters is 1. The molecule has 15 heavy (non-hydrogen) atoms. The summed E-state index contributed by atoms with van der Waals surface area (Å²) in [4.78, 5) is 16.9. The van der Waals surface area contributed by atoms with Crippen molar-refractivity contribution in [3.8, 4) is 0 Å². The molecule has 2 aliphatic rings. The SMILES string of the molecule is CCOC(=O)[C@]1(N)CC[C@H]2C(Br)=NO[C@H]21. The highest BCUT2D eigenvalue weighted by Gasteiger charge is 2.57. The smallest absolute Gasteiger partial charge is 0.330 e. The predicted molar refractivity (Wildman–Crippen MR) is 57.5 cm³/mol. The van der Waals surface area contributed by atoms with Crippen LogP contribution in [0.3, 0.4) is 0 Å². The number of oxime groups is 1. The summed E-state index contributed by atoms with van der Waals surface area (Å²) in [6.45, 7) is 2.09. The van der Waals surface area contributed by atoms with Crippen LogP contribution in [0.4, 0.5) is 0 Å². The zero-order chi connectivity index (χ0) is 11.1. The fourth-order valence-electron chi connectivity index (χ4n) is 2.12. The summed E-state index contributed by atoms with van der Waals surface area (Å²) in [5, 5.41) is 3.80. The standard InChI is InChI=1S/C9H13BrN2O3/c1-2-14-8(13)9(11)4-3-5-6(9)15-12-7(5)10/h5-6H,2-4,11H2,1H3/t5-,6-,9+/m1/s1. The van der Waals surface area contributed by atoms with Gasteiger partial charge in [-0.2, -0.15) is 0 Å². The van der Waals surface area contributed by atoms with Gasteiger partial charge < -0.3 is 15.3 Å². The molecule has 1 aliphatic carbocycles. The molecule has 0 aromatic rings. The Morgan fingerprint density at radius 1 is 1.87 bits per heavy atom. The molecule has 1 heterocycles. The van der Waals surface area contributed by atoms with Crippen molar-refractivity contribution >= 4 is 26.5 Å². The van der Waals surface area contributed by atoms with Crippen LogP contribution in [-0.2, 0) is 14.4 Å². The van der Waals surface area contributed by atoms with Gasteiger partial charge in [0, 0.05) is 0 Å². The van der Waals surface area contributed by atoms with Crippen LogP contribution in [0.2, 0.25) is 0 Å². The van der Waals surface area contributed by atoms with Gasteiger partial charge in [-0.1, -0.05) is 5.16 Å². The van der Waals surface area contributed by atoms with Crippen LogP contribution in [-0.4, -0.2) is 28.8 Å². The van der Waals surface area contributed by atoms with E-state index >= 15 is 0 Å². The molecule has 2 N–H and O–H groups in total. The van der Waals surface area contributed by atoms with E-state index in [0.29, 0.717) is 13.0 Å². The average Bonchev–Trinajstić information content (AvgIpc) is 2.72. The van der Waals surface area contributed by atoms with Crippen molar-refractivity contribution in [1.82, 2.24) is 0 Å². The quantitative estimate of drug-likeness (QED) is 0.756. The lowest BCUT2D eigenvalue weighted by atomic mass is 9.94. The molecular formula is C9H13BrN2O3. The maximum absolute atomic E-state index is 11.7. The van der Waals surface area contributed by atoms with Crippen LogP contribution in [0, 0.1) is 5.92 Å². The second-order valence-corrected chi connectivity index (χ2v) is 4.66. The second-order valence-electron chi connectivity index (χ2n) is 3.85. The molecule has 1 aliphatic heterocycles. The molecule has 0 unspecified atom stereocenters. The number of rotatable bonds is 2. The first kappa shape index (κ1) is 10.9. The van der Waals surface area contributed by atoms with Gasteiger partial charge in [-0.25, -0.2) is 4.79 Å². The molecule has 1 fully saturated rings. The molecule has 0 saturated heterocycles. The van der Waals surface area contributed by atoms with Gasteiger partial charge in [0.1, 0.15) is 4.62 Å². The number of carbonyl (C=O) groups is 1. The maximum Gasteiger partial charge on any atom is 0.330 e. The van der Waals surface area contributed by atoms with Crippen molar-refractivity contribution < 1.29 is 14.4 Å². The number of fused-ring (bicyclic) bond motifs is 1. The molecule has 84 valence electrons. The summed E-state index contributed by atoms with van der Waals surface area (Å²) in [5.41, 5.74) is 5.00. The summed E-state index contributed by atoms with van der Waals surface area (Å²) >= 11 is 3.30. The minimum atomic E-state index is -1.04. The van der Waals surface area contributed by atoms with E-state index < -0.39 is 11.5 Å². The lowest BCUT2D eigenvalue weighted by molar-refractivity contribution is -0.154. The van der Waals surface area contributed by atoms with Crippen molar-refractivity contribution in [1.29, 1.82) is 0 Å². The van der Waals surface area contributed by atoms with E-state index in [1.54, 1.807) is 6.92 Å². The minimum Gasteiger partial charge on any atom is -0.465 e. The van der Waals surface area contributed by atoms with Crippen LogP contribution in [0.25, 0.3) is 0 Å². The topological polar surface area (TPSA) is 73.9 Å².